The molecule has 0 unspecified atom stereocenters. The molecule has 0 aliphatic heterocycles. The van der Waals surface area contributed by atoms with Crippen LogP contribution in [0.5, 0.6) is 0 Å². The Labute approximate surface area is 56.8 Å². The number of hydrogen-bond donors (Lipinski definition) is 1. The van der Waals surface area contributed by atoms with E-state index in [2.05, 4.69) is 20.1 Å². The highest BCUT2D eigenvalue weighted by molar-refractivity contribution is 5.53. The van der Waals surface area contributed by atoms with Crippen LogP contribution >= 0.6 is 0 Å². The molecule has 0 rings (SSSR count). The standard InChI is InChI=1S/C7H16NO/c1-7(2)6-8(3)4-5-9/h6-7,9H,4-5H2,1-3H3/q+1. The summed E-state index contributed by atoms with van der Waals surface area (Å²) >= 11 is 0. The molecule has 54 valence electrons. The summed E-state index contributed by atoms with van der Waals surface area (Å²) in [6, 6.07) is 0. The van der Waals surface area contributed by atoms with Gasteiger partial charge < -0.3 is 5.11 Å². The van der Waals surface area contributed by atoms with Gasteiger partial charge in [-0.05, 0) is 0 Å². The van der Waals surface area contributed by atoms with Gasteiger partial charge in [-0.15, -0.1) is 0 Å². The van der Waals surface area contributed by atoms with E-state index in [9.17, 15) is 0 Å². The molecule has 0 aromatic heterocycles. The number of hydrogen-bond acceptors (Lipinski definition) is 1. The molecule has 2 heteroatoms. The van der Waals surface area contributed by atoms with E-state index in [0.29, 0.717) is 5.92 Å². The molecule has 0 heterocycles. The van der Waals surface area contributed by atoms with E-state index >= 15 is 0 Å². The van der Waals surface area contributed by atoms with Crippen LogP contribution in [0.15, 0.2) is 0 Å². The summed E-state index contributed by atoms with van der Waals surface area (Å²) in [5.41, 5.74) is 0. The first-order valence-corrected chi connectivity index (χ1v) is 3.33. The second-order valence-electron chi connectivity index (χ2n) is 2.60. The van der Waals surface area contributed by atoms with Gasteiger partial charge in [0.1, 0.15) is 19.9 Å². The third-order valence-corrected chi connectivity index (χ3v) is 1.01. The lowest BCUT2D eigenvalue weighted by Gasteiger charge is -1.94. The van der Waals surface area contributed by atoms with E-state index in [-0.39, 0.29) is 6.61 Å². The predicted octanol–water partition coefficient (Wildman–Crippen LogP) is 0.348. The summed E-state index contributed by atoms with van der Waals surface area (Å²) in [6.07, 6.45) is 2.09. The molecule has 0 amide bonds. The van der Waals surface area contributed by atoms with Gasteiger partial charge in [-0.2, -0.15) is 0 Å². The molecule has 0 aromatic carbocycles. The van der Waals surface area contributed by atoms with Gasteiger partial charge in [0.25, 0.3) is 0 Å². The molecule has 0 atom stereocenters. The average molecular weight is 130 g/mol. The molecule has 0 saturated heterocycles. The predicted molar refractivity (Wildman–Crippen MR) is 39.0 cm³/mol. The molecule has 2 nitrogen and oxygen atoms in total. The number of aliphatic hydroxyl groups excluding tert-OH is 1. The minimum absolute atomic E-state index is 0.236. The zero-order valence-electron chi connectivity index (χ0n) is 6.46. The highest BCUT2D eigenvalue weighted by atomic mass is 16.3. The van der Waals surface area contributed by atoms with Crippen LogP contribution < -0.4 is 0 Å². The molecule has 9 heavy (non-hydrogen) atoms. The highest BCUT2D eigenvalue weighted by Crippen LogP contribution is 1.83. The van der Waals surface area contributed by atoms with Crippen LogP contribution in [0.4, 0.5) is 0 Å². The van der Waals surface area contributed by atoms with Gasteiger partial charge in [0.05, 0.1) is 0 Å². The Kier molecular flexibility index (Phi) is 4.32. The smallest absolute Gasteiger partial charge is 0.165 e. The summed E-state index contributed by atoms with van der Waals surface area (Å²) < 4.78 is 2.00. The third-order valence-electron chi connectivity index (χ3n) is 1.01. The molecule has 0 bridgehead atoms. The molecular weight excluding hydrogens is 114 g/mol. The van der Waals surface area contributed by atoms with E-state index in [0.717, 1.165) is 6.54 Å². The Balaban J connectivity index is 3.55. The second kappa shape index (κ2) is 4.50. The van der Waals surface area contributed by atoms with Gasteiger partial charge in [-0.3, -0.25) is 0 Å². The van der Waals surface area contributed by atoms with E-state index in [1.54, 1.807) is 0 Å². The number of aliphatic hydroxyl groups is 1. The molecule has 0 aromatic rings. The van der Waals surface area contributed by atoms with Crippen LogP contribution in [0.1, 0.15) is 13.8 Å². The average Bonchev–Trinajstić information content (AvgIpc) is 1.63. The quantitative estimate of drug-likeness (QED) is 0.432. The van der Waals surface area contributed by atoms with Crippen molar-refractivity contribution in [1.82, 2.24) is 0 Å². The maximum atomic E-state index is 8.49. The monoisotopic (exact) mass is 130 g/mol. The van der Waals surface area contributed by atoms with Crippen molar-refractivity contribution >= 4 is 6.21 Å². The molecule has 0 fully saturated rings. The number of nitrogens with zero attached hydrogens (tertiary/aromatic N) is 1. The molecule has 0 aliphatic carbocycles. The van der Waals surface area contributed by atoms with E-state index in [1.807, 2.05) is 11.6 Å². The first kappa shape index (κ1) is 8.63. The maximum Gasteiger partial charge on any atom is 0.165 e. The molecular formula is C7H16NO+. The topological polar surface area (TPSA) is 23.2 Å². The number of likely N-dealkylation sites (N-methyl/N-ethyl adjacent to an activating group) is 1. The Morgan fingerprint density at radius 1 is 1.56 bits per heavy atom. The normalized spacial score (nSPS) is 12.8. The summed E-state index contributed by atoms with van der Waals surface area (Å²) in [6.45, 7) is 5.21. The van der Waals surface area contributed by atoms with Crippen molar-refractivity contribution in [1.29, 1.82) is 0 Å². The lowest BCUT2D eigenvalue weighted by Crippen LogP contribution is -2.14. The molecule has 1 N–H and O–H groups in total. The first-order valence-electron chi connectivity index (χ1n) is 3.33. The summed E-state index contributed by atoms with van der Waals surface area (Å²) in [4.78, 5) is 0. The summed E-state index contributed by atoms with van der Waals surface area (Å²) in [7, 11) is 1.97. The van der Waals surface area contributed by atoms with Crippen LogP contribution in [0.25, 0.3) is 0 Å². The first-order chi connectivity index (χ1) is 4.16. The van der Waals surface area contributed by atoms with Gasteiger partial charge >= 0.3 is 0 Å². The van der Waals surface area contributed by atoms with Crippen LogP contribution in [-0.2, 0) is 0 Å². The Morgan fingerprint density at radius 2 is 2.11 bits per heavy atom. The molecule has 0 saturated carbocycles. The maximum absolute atomic E-state index is 8.49. The third kappa shape index (κ3) is 5.50. The summed E-state index contributed by atoms with van der Waals surface area (Å²) in [5.74, 6) is 0.571. The van der Waals surface area contributed by atoms with Gasteiger partial charge in [-0.1, -0.05) is 13.8 Å². The molecule has 0 aliphatic rings. The van der Waals surface area contributed by atoms with Gasteiger partial charge in [0.15, 0.2) is 6.54 Å². The highest BCUT2D eigenvalue weighted by Gasteiger charge is 1.95. The van der Waals surface area contributed by atoms with Crippen molar-refractivity contribution in [3.05, 3.63) is 0 Å². The van der Waals surface area contributed by atoms with Crippen LogP contribution in [-0.4, -0.2) is 36.1 Å². The van der Waals surface area contributed by atoms with Gasteiger partial charge in [0, 0.05) is 5.92 Å². The lowest BCUT2D eigenvalue weighted by atomic mass is 10.2. The SMILES string of the molecule is CC(C)C=[N+](C)CCO. The number of rotatable bonds is 3. The van der Waals surface area contributed by atoms with Crippen LogP contribution in [0.3, 0.4) is 0 Å². The summed E-state index contributed by atoms with van der Waals surface area (Å²) in [5, 5.41) is 8.49. The van der Waals surface area contributed by atoms with Crippen molar-refractivity contribution in [3.63, 3.8) is 0 Å². The van der Waals surface area contributed by atoms with Crippen molar-refractivity contribution in [2.45, 2.75) is 13.8 Å². The van der Waals surface area contributed by atoms with E-state index in [4.69, 9.17) is 5.11 Å². The zero-order valence-corrected chi connectivity index (χ0v) is 6.46. The Morgan fingerprint density at radius 3 is 2.44 bits per heavy atom. The largest absolute Gasteiger partial charge is 0.390 e. The minimum Gasteiger partial charge on any atom is -0.390 e. The zero-order chi connectivity index (χ0) is 7.28. The van der Waals surface area contributed by atoms with E-state index in [1.165, 1.54) is 0 Å². The van der Waals surface area contributed by atoms with E-state index < -0.39 is 0 Å². The Bertz CT molecular complexity index is 97.1. The fourth-order valence-corrected chi connectivity index (χ4v) is 0.741. The molecule has 0 spiro atoms. The van der Waals surface area contributed by atoms with Crippen LogP contribution in [0, 0.1) is 5.92 Å². The van der Waals surface area contributed by atoms with Crippen molar-refractivity contribution < 1.29 is 9.68 Å². The van der Waals surface area contributed by atoms with Crippen molar-refractivity contribution in [2.75, 3.05) is 20.2 Å². The minimum atomic E-state index is 0.236. The molecule has 0 radical (unpaired) electrons. The van der Waals surface area contributed by atoms with Gasteiger partial charge in [-0.25, -0.2) is 4.58 Å². The van der Waals surface area contributed by atoms with Crippen LogP contribution in [0.2, 0.25) is 0 Å². The second-order valence-corrected chi connectivity index (χ2v) is 2.60. The fourth-order valence-electron chi connectivity index (χ4n) is 0.741. The van der Waals surface area contributed by atoms with Crippen molar-refractivity contribution in [2.24, 2.45) is 5.92 Å². The van der Waals surface area contributed by atoms with Crippen molar-refractivity contribution in [3.8, 4) is 0 Å². The Hall–Kier alpha value is -0.370. The fraction of sp³-hybridized carbons (Fsp3) is 0.857. The lowest BCUT2D eigenvalue weighted by molar-refractivity contribution is -0.497. The van der Waals surface area contributed by atoms with Gasteiger partial charge in [0.2, 0.25) is 0 Å².